The van der Waals surface area contributed by atoms with E-state index in [-0.39, 0.29) is 31.1 Å². The highest BCUT2D eigenvalue weighted by Gasteiger charge is 2.33. The maximum atomic E-state index is 12.6. The Morgan fingerprint density at radius 1 is 1.32 bits per heavy atom. The summed E-state index contributed by atoms with van der Waals surface area (Å²) in [5, 5.41) is 0. The van der Waals surface area contributed by atoms with Crippen molar-refractivity contribution >= 4 is 22.4 Å². The van der Waals surface area contributed by atoms with Crippen LogP contribution in [0.2, 0.25) is 0 Å². The number of rotatable bonds is 4. The molecule has 9 heteroatoms. The first-order chi connectivity index (χ1) is 8.18. The largest absolute Gasteiger partial charge is 0.416 e. The van der Waals surface area contributed by atoms with Crippen LogP contribution in [0.3, 0.4) is 0 Å². The van der Waals surface area contributed by atoms with Crippen LogP contribution in [-0.4, -0.2) is 21.5 Å². The van der Waals surface area contributed by atoms with Crippen LogP contribution in [0.25, 0.3) is 0 Å². The van der Waals surface area contributed by atoms with E-state index in [0.717, 1.165) is 12.1 Å². The summed E-state index contributed by atoms with van der Waals surface area (Å²) in [4.78, 5) is -0.422. The van der Waals surface area contributed by atoms with Gasteiger partial charge in [-0.2, -0.15) is 13.2 Å². The van der Waals surface area contributed by atoms with Gasteiger partial charge in [0, 0.05) is 13.1 Å². The molecule has 0 heterocycles. The lowest BCUT2D eigenvalue weighted by Crippen LogP contribution is -2.29. The van der Waals surface area contributed by atoms with Crippen LogP contribution < -0.4 is 10.5 Å². The molecule has 4 nitrogen and oxygen atoms in total. The zero-order chi connectivity index (χ0) is 14.0. The van der Waals surface area contributed by atoms with E-state index in [9.17, 15) is 21.6 Å². The van der Waals surface area contributed by atoms with E-state index < -0.39 is 26.7 Å². The van der Waals surface area contributed by atoms with Crippen molar-refractivity contribution in [3.63, 3.8) is 0 Å². The molecule has 3 N–H and O–H groups in total. The Morgan fingerprint density at radius 2 is 1.89 bits per heavy atom. The van der Waals surface area contributed by atoms with E-state index in [2.05, 4.69) is 4.72 Å². The van der Waals surface area contributed by atoms with Crippen LogP contribution in [0.4, 0.5) is 13.2 Å². The van der Waals surface area contributed by atoms with Crippen molar-refractivity contribution in [2.75, 3.05) is 13.1 Å². The number of alkyl halides is 3. The van der Waals surface area contributed by atoms with Gasteiger partial charge in [-0.3, -0.25) is 0 Å². The van der Waals surface area contributed by atoms with Crippen LogP contribution in [0, 0.1) is 6.92 Å². The maximum Gasteiger partial charge on any atom is 0.416 e. The first-order valence-electron chi connectivity index (χ1n) is 5.06. The van der Waals surface area contributed by atoms with Gasteiger partial charge >= 0.3 is 6.18 Å². The summed E-state index contributed by atoms with van der Waals surface area (Å²) in [7, 11) is -3.95. The molecule has 0 radical (unpaired) electrons. The van der Waals surface area contributed by atoms with E-state index in [0.29, 0.717) is 6.07 Å². The number of nitrogens with one attached hydrogen (secondary N) is 1. The van der Waals surface area contributed by atoms with Gasteiger partial charge in [-0.25, -0.2) is 13.1 Å². The number of sulfonamides is 1. The fourth-order valence-electron chi connectivity index (χ4n) is 1.35. The van der Waals surface area contributed by atoms with Gasteiger partial charge < -0.3 is 5.73 Å². The monoisotopic (exact) mass is 318 g/mol. The van der Waals surface area contributed by atoms with Gasteiger partial charge in [0.2, 0.25) is 10.0 Å². The van der Waals surface area contributed by atoms with E-state index in [4.69, 9.17) is 5.73 Å². The van der Waals surface area contributed by atoms with E-state index in [1.54, 1.807) is 0 Å². The van der Waals surface area contributed by atoms with Gasteiger partial charge in [-0.15, -0.1) is 12.4 Å². The third kappa shape index (κ3) is 4.64. The van der Waals surface area contributed by atoms with E-state index in [1.807, 2.05) is 0 Å². The molecule has 19 heavy (non-hydrogen) atoms. The summed E-state index contributed by atoms with van der Waals surface area (Å²) in [5.41, 5.74) is 4.14. The average Bonchev–Trinajstić information content (AvgIpc) is 2.25. The molecule has 0 aromatic heterocycles. The highest BCUT2D eigenvalue weighted by molar-refractivity contribution is 7.89. The second-order valence-electron chi connectivity index (χ2n) is 3.66. The fourth-order valence-corrected chi connectivity index (χ4v) is 2.42. The Labute approximate surface area is 115 Å². The number of aryl methyl sites for hydroxylation is 1. The van der Waals surface area contributed by atoms with Crippen molar-refractivity contribution < 1.29 is 21.6 Å². The Balaban J connectivity index is 0.00000324. The summed E-state index contributed by atoms with van der Waals surface area (Å²) >= 11 is 0. The van der Waals surface area contributed by atoms with Crippen LogP contribution in [0.15, 0.2) is 23.1 Å². The van der Waals surface area contributed by atoms with Crippen LogP contribution in [0.5, 0.6) is 0 Å². The standard InChI is InChI=1S/C10H13F3N2O2S.ClH/c1-7-2-3-8(6-9(7)10(11,12)13)18(16,17)15-5-4-14;/h2-3,6,15H,4-5,14H2,1H3;1H. The lowest BCUT2D eigenvalue weighted by atomic mass is 10.1. The number of nitrogens with two attached hydrogens (primary N) is 1. The molecule has 0 bridgehead atoms. The summed E-state index contributed by atoms with van der Waals surface area (Å²) in [6, 6.07) is 2.87. The molecular formula is C10H14ClF3N2O2S. The fraction of sp³-hybridized carbons (Fsp3) is 0.400. The lowest BCUT2D eigenvalue weighted by Gasteiger charge is -2.12. The second kappa shape index (κ2) is 6.56. The topological polar surface area (TPSA) is 72.2 Å². The van der Waals surface area contributed by atoms with Crippen LogP contribution >= 0.6 is 12.4 Å². The first-order valence-corrected chi connectivity index (χ1v) is 6.54. The molecule has 0 saturated heterocycles. The van der Waals surface area contributed by atoms with Crippen molar-refractivity contribution in [2.45, 2.75) is 18.0 Å². The Hall–Kier alpha value is -0.830. The molecule has 1 aromatic rings. The molecule has 0 saturated carbocycles. The number of halogens is 4. The van der Waals surface area contributed by atoms with Crippen molar-refractivity contribution in [1.82, 2.24) is 4.72 Å². The van der Waals surface area contributed by atoms with Gasteiger partial charge in [0.15, 0.2) is 0 Å². The lowest BCUT2D eigenvalue weighted by molar-refractivity contribution is -0.138. The highest BCUT2D eigenvalue weighted by Crippen LogP contribution is 2.33. The maximum absolute atomic E-state index is 12.6. The SMILES string of the molecule is Cc1ccc(S(=O)(=O)NCCN)cc1C(F)(F)F.Cl. The zero-order valence-corrected chi connectivity index (χ0v) is 11.6. The van der Waals surface area contributed by atoms with Crippen molar-refractivity contribution in [2.24, 2.45) is 5.73 Å². The molecule has 1 rings (SSSR count). The van der Waals surface area contributed by atoms with Crippen LogP contribution in [-0.2, 0) is 16.2 Å². The van der Waals surface area contributed by atoms with Crippen molar-refractivity contribution in [3.05, 3.63) is 29.3 Å². The van der Waals surface area contributed by atoms with Gasteiger partial charge in [-0.1, -0.05) is 6.07 Å². The highest BCUT2D eigenvalue weighted by atomic mass is 35.5. The molecule has 110 valence electrons. The predicted octanol–water partition coefficient (Wildman–Crippen LogP) is 1.67. The summed E-state index contributed by atoms with van der Waals surface area (Å²) in [6.07, 6.45) is -4.58. The van der Waals surface area contributed by atoms with E-state index in [1.165, 1.54) is 6.92 Å². The van der Waals surface area contributed by atoms with E-state index >= 15 is 0 Å². The molecule has 0 atom stereocenters. The Morgan fingerprint density at radius 3 is 2.37 bits per heavy atom. The van der Waals surface area contributed by atoms with Crippen molar-refractivity contribution in [1.29, 1.82) is 0 Å². The molecule has 0 spiro atoms. The third-order valence-electron chi connectivity index (χ3n) is 2.26. The predicted molar refractivity (Wildman–Crippen MR) is 67.7 cm³/mol. The van der Waals surface area contributed by atoms with Crippen LogP contribution in [0.1, 0.15) is 11.1 Å². The van der Waals surface area contributed by atoms with Gasteiger partial charge in [0.25, 0.3) is 0 Å². The number of hydrogen-bond donors (Lipinski definition) is 2. The first kappa shape index (κ1) is 18.2. The second-order valence-corrected chi connectivity index (χ2v) is 5.43. The van der Waals surface area contributed by atoms with Gasteiger partial charge in [-0.05, 0) is 24.6 Å². The van der Waals surface area contributed by atoms with Gasteiger partial charge in [0.05, 0.1) is 10.5 Å². The minimum Gasteiger partial charge on any atom is -0.329 e. The summed E-state index contributed by atoms with van der Waals surface area (Å²) < 4.78 is 63.3. The molecule has 0 fully saturated rings. The minimum atomic E-state index is -4.58. The van der Waals surface area contributed by atoms with Gasteiger partial charge in [0.1, 0.15) is 0 Å². The molecule has 0 aliphatic heterocycles. The molecule has 0 amide bonds. The number of hydrogen-bond acceptors (Lipinski definition) is 3. The van der Waals surface area contributed by atoms with Crippen molar-refractivity contribution in [3.8, 4) is 0 Å². The molecule has 0 aliphatic rings. The average molecular weight is 319 g/mol. The Kier molecular flexibility index (Phi) is 6.27. The smallest absolute Gasteiger partial charge is 0.329 e. The number of benzene rings is 1. The molecule has 1 aromatic carbocycles. The normalized spacial score (nSPS) is 12.1. The quantitative estimate of drug-likeness (QED) is 0.887. The molecule has 0 aliphatic carbocycles. The summed E-state index contributed by atoms with van der Waals surface area (Å²) in [5.74, 6) is 0. The zero-order valence-electron chi connectivity index (χ0n) is 9.99. The third-order valence-corrected chi connectivity index (χ3v) is 3.72. The Bertz CT molecular complexity index is 532. The minimum absolute atomic E-state index is 0. The molecule has 0 unspecified atom stereocenters. The molecular weight excluding hydrogens is 305 g/mol. The summed E-state index contributed by atoms with van der Waals surface area (Å²) in [6.45, 7) is 1.31.